The third kappa shape index (κ3) is 1.89. The van der Waals surface area contributed by atoms with Crippen LogP contribution in [0.5, 0.6) is 0 Å². The summed E-state index contributed by atoms with van der Waals surface area (Å²) in [6, 6.07) is 11.5. The molecule has 1 aromatic carbocycles. The Bertz CT molecular complexity index is 443. The van der Waals surface area contributed by atoms with E-state index < -0.39 is 0 Å². The summed E-state index contributed by atoms with van der Waals surface area (Å²) in [4.78, 5) is 11.6. The van der Waals surface area contributed by atoms with E-state index in [4.69, 9.17) is 0 Å². The van der Waals surface area contributed by atoms with Gasteiger partial charge in [0.15, 0.2) is 0 Å². The molecule has 0 atom stereocenters. The Labute approximate surface area is 91.8 Å². The molecule has 0 bridgehead atoms. The molecule has 0 aliphatic carbocycles. The van der Waals surface area contributed by atoms with E-state index in [1.54, 1.807) is 11.3 Å². The molecule has 1 nitrogen and oxygen atoms in total. The van der Waals surface area contributed by atoms with Crippen LogP contribution in [0.4, 0.5) is 0 Å². The fourth-order valence-electron chi connectivity index (χ4n) is 1.21. The maximum Gasteiger partial charge on any atom is 0.150 e. The number of benzene rings is 1. The first kappa shape index (κ1) is 9.49. The zero-order valence-electron chi connectivity index (χ0n) is 7.31. The van der Waals surface area contributed by atoms with Crippen LogP contribution in [0.3, 0.4) is 0 Å². The van der Waals surface area contributed by atoms with Crippen molar-refractivity contribution in [1.82, 2.24) is 0 Å². The SMILES string of the molecule is O=Cc1ccc(-c2ccc(S)s2)cc1. The first-order valence-electron chi connectivity index (χ1n) is 4.14. The molecule has 0 radical (unpaired) electrons. The second-order valence-corrected chi connectivity index (χ2v) is 4.75. The zero-order chi connectivity index (χ0) is 9.97. The number of aldehydes is 1. The van der Waals surface area contributed by atoms with Gasteiger partial charge in [0.25, 0.3) is 0 Å². The number of hydrogen-bond acceptors (Lipinski definition) is 3. The predicted molar refractivity (Wildman–Crippen MR) is 62.4 cm³/mol. The highest BCUT2D eigenvalue weighted by atomic mass is 32.2. The third-order valence-electron chi connectivity index (χ3n) is 1.92. The Morgan fingerprint density at radius 3 is 2.29 bits per heavy atom. The number of rotatable bonds is 2. The second kappa shape index (κ2) is 3.98. The third-order valence-corrected chi connectivity index (χ3v) is 3.28. The summed E-state index contributed by atoms with van der Waals surface area (Å²) >= 11 is 5.89. The van der Waals surface area contributed by atoms with Gasteiger partial charge in [0.05, 0.1) is 4.21 Å². The van der Waals surface area contributed by atoms with Gasteiger partial charge < -0.3 is 0 Å². The molecule has 0 amide bonds. The minimum absolute atomic E-state index is 0.705. The number of thiol groups is 1. The smallest absolute Gasteiger partial charge is 0.150 e. The van der Waals surface area contributed by atoms with E-state index in [1.165, 1.54) is 4.88 Å². The summed E-state index contributed by atoms with van der Waals surface area (Å²) in [6.45, 7) is 0. The molecule has 0 aliphatic rings. The largest absolute Gasteiger partial charge is 0.298 e. The van der Waals surface area contributed by atoms with Crippen molar-refractivity contribution in [1.29, 1.82) is 0 Å². The van der Waals surface area contributed by atoms with Crippen LogP contribution in [0.1, 0.15) is 10.4 Å². The molecule has 70 valence electrons. The van der Waals surface area contributed by atoms with Crippen molar-refractivity contribution in [3.63, 3.8) is 0 Å². The Kier molecular flexibility index (Phi) is 2.70. The summed E-state index contributed by atoms with van der Waals surface area (Å²) in [5.74, 6) is 0. The summed E-state index contributed by atoms with van der Waals surface area (Å²) in [6.07, 6.45) is 0.849. The molecular weight excluding hydrogens is 212 g/mol. The van der Waals surface area contributed by atoms with Gasteiger partial charge in [-0.1, -0.05) is 24.3 Å². The molecule has 0 saturated carbocycles. The lowest BCUT2D eigenvalue weighted by molar-refractivity contribution is 0.112. The minimum atomic E-state index is 0.705. The lowest BCUT2D eigenvalue weighted by atomic mass is 10.1. The van der Waals surface area contributed by atoms with Crippen molar-refractivity contribution >= 4 is 30.3 Å². The molecule has 0 saturated heterocycles. The van der Waals surface area contributed by atoms with Crippen molar-refractivity contribution in [2.45, 2.75) is 4.21 Å². The number of thiophene rings is 1. The van der Waals surface area contributed by atoms with Crippen LogP contribution in [-0.4, -0.2) is 6.29 Å². The maximum absolute atomic E-state index is 10.4. The van der Waals surface area contributed by atoms with Gasteiger partial charge in [-0.25, -0.2) is 0 Å². The number of carbonyl (C=O) groups excluding carboxylic acids is 1. The van der Waals surface area contributed by atoms with Gasteiger partial charge in [0, 0.05) is 10.4 Å². The highest BCUT2D eigenvalue weighted by molar-refractivity contribution is 7.83. The van der Waals surface area contributed by atoms with Gasteiger partial charge in [-0.2, -0.15) is 0 Å². The molecule has 14 heavy (non-hydrogen) atoms. The molecule has 1 aromatic heterocycles. The average Bonchev–Trinajstić information content (AvgIpc) is 2.65. The molecule has 3 heteroatoms. The fraction of sp³-hybridized carbons (Fsp3) is 0. The predicted octanol–water partition coefficient (Wildman–Crippen LogP) is 3.52. The molecule has 1 heterocycles. The Morgan fingerprint density at radius 2 is 1.79 bits per heavy atom. The standard InChI is InChI=1S/C11H8OS2/c12-7-8-1-3-9(4-2-8)10-5-6-11(13)14-10/h1-7,13H. The topological polar surface area (TPSA) is 17.1 Å². The van der Waals surface area contributed by atoms with Crippen LogP contribution in [0.15, 0.2) is 40.6 Å². The minimum Gasteiger partial charge on any atom is -0.298 e. The quantitative estimate of drug-likeness (QED) is 0.605. The normalized spacial score (nSPS) is 10.1. The van der Waals surface area contributed by atoms with Crippen molar-refractivity contribution in [2.75, 3.05) is 0 Å². The van der Waals surface area contributed by atoms with E-state index >= 15 is 0 Å². The second-order valence-electron chi connectivity index (χ2n) is 2.88. The van der Waals surface area contributed by atoms with Gasteiger partial charge in [-0.05, 0) is 17.7 Å². The van der Waals surface area contributed by atoms with Crippen molar-refractivity contribution in [2.24, 2.45) is 0 Å². The fourth-order valence-corrected chi connectivity index (χ4v) is 2.33. The lowest BCUT2D eigenvalue weighted by Gasteiger charge is -1.96. The van der Waals surface area contributed by atoms with Gasteiger partial charge in [0.1, 0.15) is 6.29 Å². The van der Waals surface area contributed by atoms with Crippen LogP contribution in [0, 0.1) is 0 Å². The van der Waals surface area contributed by atoms with E-state index in [1.807, 2.05) is 36.4 Å². The molecule has 0 spiro atoms. The first-order chi connectivity index (χ1) is 6.79. The summed E-state index contributed by atoms with van der Waals surface area (Å²) in [7, 11) is 0. The van der Waals surface area contributed by atoms with Crippen LogP contribution in [-0.2, 0) is 0 Å². The molecule has 2 rings (SSSR count). The first-order valence-corrected chi connectivity index (χ1v) is 5.40. The van der Waals surface area contributed by atoms with E-state index in [0.717, 1.165) is 16.1 Å². The van der Waals surface area contributed by atoms with Crippen LogP contribution in [0.2, 0.25) is 0 Å². The van der Waals surface area contributed by atoms with Gasteiger partial charge in [0.2, 0.25) is 0 Å². The lowest BCUT2D eigenvalue weighted by Crippen LogP contribution is -1.78. The molecule has 2 aromatic rings. The van der Waals surface area contributed by atoms with Crippen LogP contribution in [0.25, 0.3) is 10.4 Å². The molecule has 0 fully saturated rings. The summed E-state index contributed by atoms with van der Waals surface area (Å²) < 4.78 is 1.000. The Morgan fingerprint density at radius 1 is 1.07 bits per heavy atom. The van der Waals surface area contributed by atoms with Gasteiger partial charge in [-0.3, -0.25) is 4.79 Å². The van der Waals surface area contributed by atoms with Crippen LogP contribution < -0.4 is 0 Å². The van der Waals surface area contributed by atoms with E-state index in [2.05, 4.69) is 12.6 Å². The molecular formula is C11H8OS2. The van der Waals surface area contributed by atoms with Gasteiger partial charge in [-0.15, -0.1) is 24.0 Å². The Hall–Kier alpha value is -1.06. The van der Waals surface area contributed by atoms with Gasteiger partial charge >= 0.3 is 0 Å². The number of hydrogen-bond donors (Lipinski definition) is 1. The van der Waals surface area contributed by atoms with E-state index in [-0.39, 0.29) is 0 Å². The summed E-state index contributed by atoms with van der Waals surface area (Å²) in [5.41, 5.74) is 1.83. The Balaban J connectivity index is 2.38. The van der Waals surface area contributed by atoms with Crippen molar-refractivity contribution < 1.29 is 4.79 Å². The maximum atomic E-state index is 10.4. The van der Waals surface area contributed by atoms with E-state index in [9.17, 15) is 4.79 Å². The monoisotopic (exact) mass is 220 g/mol. The summed E-state index contributed by atoms with van der Waals surface area (Å²) in [5, 5.41) is 0. The van der Waals surface area contributed by atoms with Crippen molar-refractivity contribution in [3.05, 3.63) is 42.0 Å². The zero-order valence-corrected chi connectivity index (χ0v) is 9.02. The molecule has 0 N–H and O–H groups in total. The highest BCUT2D eigenvalue weighted by Gasteiger charge is 2.00. The average molecular weight is 220 g/mol. The molecule has 0 aliphatic heterocycles. The van der Waals surface area contributed by atoms with Crippen molar-refractivity contribution in [3.8, 4) is 10.4 Å². The highest BCUT2D eigenvalue weighted by Crippen LogP contribution is 2.29. The molecule has 0 unspecified atom stereocenters. The van der Waals surface area contributed by atoms with Crippen LogP contribution >= 0.6 is 24.0 Å². The number of carbonyl (C=O) groups is 1. The van der Waals surface area contributed by atoms with E-state index in [0.29, 0.717) is 5.56 Å².